The van der Waals surface area contributed by atoms with Gasteiger partial charge in [0, 0.05) is 14.5 Å². The molecule has 0 aliphatic rings. The van der Waals surface area contributed by atoms with Crippen LogP contribution in [0, 0.1) is 0 Å². The maximum Gasteiger partial charge on any atom is 0.255 e. The van der Waals surface area contributed by atoms with E-state index in [1.165, 1.54) is 11.3 Å². The highest BCUT2D eigenvalue weighted by molar-refractivity contribution is 9.11. The van der Waals surface area contributed by atoms with Crippen molar-refractivity contribution in [1.82, 2.24) is 4.98 Å². The molecular weight excluding hydrogens is 418 g/mol. The van der Waals surface area contributed by atoms with Crippen LogP contribution in [-0.4, -0.2) is 10.9 Å². The quantitative estimate of drug-likeness (QED) is 0.626. The van der Waals surface area contributed by atoms with Crippen LogP contribution in [-0.2, 0) is 0 Å². The number of hydrogen-bond acceptors (Lipinski definition) is 4. The van der Waals surface area contributed by atoms with Crippen LogP contribution in [0.4, 0.5) is 10.8 Å². The smallest absolute Gasteiger partial charge is 0.255 e. The first-order valence-electron chi connectivity index (χ1n) is 5.95. The number of hydrogen-bond donors (Lipinski definition) is 2. The molecule has 4 nitrogen and oxygen atoms in total. The minimum Gasteiger partial charge on any atom is -0.375 e. The summed E-state index contributed by atoms with van der Waals surface area (Å²) < 4.78 is 2.65. The van der Waals surface area contributed by atoms with Crippen molar-refractivity contribution in [3.05, 3.63) is 50.9 Å². The Hall–Kier alpha value is -1.44. The van der Waals surface area contributed by atoms with Gasteiger partial charge in [-0.1, -0.05) is 27.3 Å². The standard InChI is InChI=1S/C14H9Br2N3OS/c15-8-2-4-10(9(16)6-8)18-13(20)7-1-3-11-12(5-7)21-14(17)19-11/h1-6H,(H2,17,19)(H,18,20). The van der Waals surface area contributed by atoms with E-state index in [9.17, 15) is 4.79 Å². The van der Waals surface area contributed by atoms with Gasteiger partial charge in [0.05, 0.1) is 15.9 Å². The van der Waals surface area contributed by atoms with E-state index in [-0.39, 0.29) is 5.91 Å². The molecule has 0 aliphatic heterocycles. The van der Waals surface area contributed by atoms with E-state index in [0.717, 1.165) is 19.2 Å². The number of carbonyl (C=O) groups is 1. The number of thiazole rings is 1. The summed E-state index contributed by atoms with van der Waals surface area (Å²) in [5.41, 5.74) is 7.76. The second kappa shape index (κ2) is 5.75. The van der Waals surface area contributed by atoms with E-state index in [2.05, 4.69) is 42.2 Å². The number of carbonyl (C=O) groups excluding carboxylic acids is 1. The topological polar surface area (TPSA) is 68.0 Å². The van der Waals surface area contributed by atoms with Crippen LogP contribution in [0.25, 0.3) is 10.2 Å². The van der Waals surface area contributed by atoms with Gasteiger partial charge >= 0.3 is 0 Å². The van der Waals surface area contributed by atoms with Gasteiger partial charge < -0.3 is 11.1 Å². The molecule has 2 aromatic carbocycles. The fraction of sp³-hybridized carbons (Fsp3) is 0. The van der Waals surface area contributed by atoms with Gasteiger partial charge in [0.1, 0.15) is 0 Å². The van der Waals surface area contributed by atoms with Crippen LogP contribution in [0.2, 0.25) is 0 Å². The predicted octanol–water partition coefficient (Wildman–Crippen LogP) is 4.66. The van der Waals surface area contributed by atoms with Gasteiger partial charge in [0.15, 0.2) is 5.13 Å². The third-order valence-electron chi connectivity index (χ3n) is 2.85. The lowest BCUT2D eigenvalue weighted by Gasteiger charge is -2.07. The number of aromatic nitrogens is 1. The first-order chi connectivity index (χ1) is 10.0. The molecule has 3 N–H and O–H groups in total. The average molecular weight is 427 g/mol. The van der Waals surface area contributed by atoms with Gasteiger partial charge in [-0.25, -0.2) is 4.98 Å². The second-order valence-electron chi connectivity index (χ2n) is 4.31. The Labute approximate surface area is 141 Å². The van der Waals surface area contributed by atoms with Gasteiger partial charge in [-0.2, -0.15) is 0 Å². The number of nitrogen functional groups attached to an aromatic ring is 1. The van der Waals surface area contributed by atoms with Crippen LogP contribution in [0.5, 0.6) is 0 Å². The number of rotatable bonds is 2. The molecule has 3 rings (SSSR count). The van der Waals surface area contributed by atoms with Crippen LogP contribution < -0.4 is 11.1 Å². The molecule has 3 aromatic rings. The molecule has 0 saturated heterocycles. The third kappa shape index (κ3) is 3.09. The molecule has 0 aliphatic carbocycles. The van der Waals surface area contributed by atoms with Crippen LogP contribution >= 0.6 is 43.2 Å². The van der Waals surface area contributed by atoms with Crippen LogP contribution in [0.3, 0.4) is 0 Å². The van der Waals surface area contributed by atoms with Crippen molar-refractivity contribution < 1.29 is 4.79 Å². The Morgan fingerprint density at radius 3 is 2.76 bits per heavy atom. The van der Waals surface area contributed by atoms with Gasteiger partial charge in [0.25, 0.3) is 5.91 Å². The molecule has 0 bridgehead atoms. The number of anilines is 2. The molecule has 1 amide bonds. The van der Waals surface area contributed by atoms with E-state index in [1.807, 2.05) is 18.2 Å². The van der Waals surface area contributed by atoms with Gasteiger partial charge in [-0.3, -0.25) is 4.79 Å². The van der Waals surface area contributed by atoms with Gasteiger partial charge in [-0.05, 0) is 52.3 Å². The molecule has 7 heteroatoms. The van der Waals surface area contributed by atoms with Crippen molar-refractivity contribution in [2.24, 2.45) is 0 Å². The summed E-state index contributed by atoms with van der Waals surface area (Å²) in [4.78, 5) is 16.5. The van der Waals surface area contributed by atoms with Gasteiger partial charge in [0.2, 0.25) is 0 Å². The Bertz CT molecular complexity index is 847. The zero-order valence-electron chi connectivity index (χ0n) is 10.6. The Balaban J connectivity index is 1.89. The van der Waals surface area contributed by atoms with E-state index < -0.39 is 0 Å². The summed E-state index contributed by atoms with van der Waals surface area (Å²) in [5.74, 6) is -0.174. The first-order valence-corrected chi connectivity index (χ1v) is 8.35. The normalized spacial score (nSPS) is 10.8. The third-order valence-corrected chi connectivity index (χ3v) is 4.84. The first kappa shape index (κ1) is 14.5. The summed E-state index contributed by atoms with van der Waals surface area (Å²) in [6.07, 6.45) is 0. The second-order valence-corrected chi connectivity index (χ2v) is 7.15. The number of nitrogens with one attached hydrogen (secondary N) is 1. The summed E-state index contributed by atoms with van der Waals surface area (Å²) in [6, 6.07) is 10.9. The number of nitrogens with zero attached hydrogens (tertiary/aromatic N) is 1. The largest absolute Gasteiger partial charge is 0.375 e. The SMILES string of the molecule is Nc1nc2ccc(C(=O)Nc3ccc(Br)cc3Br)cc2s1. The lowest BCUT2D eigenvalue weighted by molar-refractivity contribution is 0.102. The van der Waals surface area contributed by atoms with E-state index in [4.69, 9.17) is 5.73 Å². The monoisotopic (exact) mass is 425 g/mol. The summed E-state index contributed by atoms with van der Waals surface area (Å²) >= 11 is 8.17. The van der Waals surface area contributed by atoms with E-state index in [1.54, 1.807) is 18.2 Å². The molecule has 21 heavy (non-hydrogen) atoms. The zero-order chi connectivity index (χ0) is 15.0. The van der Waals surface area contributed by atoms with Crippen LogP contribution in [0.15, 0.2) is 45.3 Å². The van der Waals surface area contributed by atoms with Crippen molar-refractivity contribution in [1.29, 1.82) is 0 Å². The van der Waals surface area contributed by atoms with Crippen molar-refractivity contribution in [2.75, 3.05) is 11.1 Å². The number of nitrogens with two attached hydrogens (primary N) is 1. The highest BCUT2D eigenvalue weighted by Gasteiger charge is 2.10. The maximum atomic E-state index is 12.3. The number of halogens is 2. The minimum absolute atomic E-state index is 0.174. The van der Waals surface area contributed by atoms with E-state index in [0.29, 0.717) is 16.4 Å². The number of fused-ring (bicyclic) bond motifs is 1. The lowest BCUT2D eigenvalue weighted by atomic mass is 10.2. The lowest BCUT2D eigenvalue weighted by Crippen LogP contribution is -2.12. The summed E-state index contributed by atoms with van der Waals surface area (Å²) in [7, 11) is 0. The summed E-state index contributed by atoms with van der Waals surface area (Å²) in [5, 5.41) is 3.37. The molecule has 0 unspecified atom stereocenters. The van der Waals surface area contributed by atoms with Crippen LogP contribution in [0.1, 0.15) is 10.4 Å². The Morgan fingerprint density at radius 1 is 1.19 bits per heavy atom. The fourth-order valence-corrected chi connectivity index (χ4v) is 3.79. The molecule has 0 atom stereocenters. The molecule has 0 spiro atoms. The molecule has 0 radical (unpaired) electrons. The fourth-order valence-electron chi connectivity index (χ4n) is 1.87. The minimum atomic E-state index is -0.174. The molecule has 1 aromatic heterocycles. The molecule has 106 valence electrons. The van der Waals surface area contributed by atoms with Crippen molar-refractivity contribution in [2.45, 2.75) is 0 Å². The molecular formula is C14H9Br2N3OS. The number of amides is 1. The number of benzene rings is 2. The summed E-state index contributed by atoms with van der Waals surface area (Å²) in [6.45, 7) is 0. The average Bonchev–Trinajstić information content (AvgIpc) is 2.80. The maximum absolute atomic E-state index is 12.3. The Morgan fingerprint density at radius 2 is 2.00 bits per heavy atom. The Kier molecular flexibility index (Phi) is 3.97. The van der Waals surface area contributed by atoms with E-state index >= 15 is 0 Å². The molecule has 1 heterocycles. The highest BCUT2D eigenvalue weighted by atomic mass is 79.9. The van der Waals surface area contributed by atoms with Gasteiger partial charge in [-0.15, -0.1) is 0 Å². The predicted molar refractivity (Wildman–Crippen MR) is 93.8 cm³/mol. The zero-order valence-corrected chi connectivity index (χ0v) is 14.5. The van der Waals surface area contributed by atoms with Crippen molar-refractivity contribution in [3.8, 4) is 0 Å². The molecule has 0 saturated carbocycles. The highest BCUT2D eigenvalue weighted by Crippen LogP contribution is 2.28. The van der Waals surface area contributed by atoms with Crippen molar-refractivity contribution in [3.63, 3.8) is 0 Å². The molecule has 0 fully saturated rings. The van der Waals surface area contributed by atoms with Crippen molar-refractivity contribution >= 4 is 70.1 Å².